The Bertz CT molecular complexity index is 362. The number of carboxylic acid groups (broad SMARTS) is 1. The molecule has 0 aliphatic carbocycles. The molecular weight excluding hydrogens is 346 g/mol. The predicted octanol–water partition coefficient (Wildman–Crippen LogP) is 8.94. The van der Waals surface area contributed by atoms with Gasteiger partial charge in [-0.3, -0.25) is 4.79 Å². The lowest BCUT2D eigenvalue weighted by atomic mass is 9.65. The van der Waals surface area contributed by atoms with Gasteiger partial charge >= 0.3 is 5.97 Å². The summed E-state index contributed by atoms with van der Waals surface area (Å²) in [5, 5.41) is 9.59. The summed E-state index contributed by atoms with van der Waals surface area (Å²) in [6.45, 7) is 10.3. The van der Waals surface area contributed by atoms with Crippen molar-refractivity contribution in [2.75, 3.05) is 0 Å². The second-order valence-electron chi connectivity index (χ2n) is 9.94. The fraction of sp³-hybridized carbons (Fsp3) is 0.960. The van der Waals surface area contributed by atoms with Gasteiger partial charge < -0.3 is 11.3 Å². The summed E-state index contributed by atoms with van der Waals surface area (Å²) < 4.78 is 0. The van der Waals surface area contributed by atoms with Crippen molar-refractivity contribution >= 4 is 5.97 Å². The fourth-order valence-corrected chi connectivity index (χ4v) is 3.83. The highest BCUT2D eigenvalue weighted by molar-refractivity contribution is 5.75. The van der Waals surface area contributed by atoms with E-state index in [1.54, 1.807) is 0 Å². The van der Waals surface area contributed by atoms with Gasteiger partial charge in [0.2, 0.25) is 0 Å². The second-order valence-corrected chi connectivity index (χ2v) is 9.94. The second kappa shape index (κ2) is 17.3. The van der Waals surface area contributed by atoms with E-state index in [0.29, 0.717) is 0 Å². The van der Waals surface area contributed by atoms with Crippen LogP contribution in [0.4, 0.5) is 0 Å². The Labute approximate surface area is 177 Å². The highest BCUT2D eigenvalue weighted by Gasteiger charge is 2.43. The van der Waals surface area contributed by atoms with Crippen molar-refractivity contribution < 1.29 is 9.90 Å². The Balaban J connectivity index is 0. The maximum Gasteiger partial charge on any atom is 0.309 e. The SMILES string of the molecule is CCCCCCCCCCCCCCCCCCC(C)(C(=O)O)C(C)(C)C.N. The highest BCUT2D eigenvalue weighted by Crippen LogP contribution is 2.42. The lowest BCUT2D eigenvalue weighted by molar-refractivity contribution is -0.155. The molecule has 0 saturated heterocycles. The van der Waals surface area contributed by atoms with Gasteiger partial charge in [-0.1, -0.05) is 130 Å². The molecule has 0 amide bonds. The molecule has 0 heterocycles. The van der Waals surface area contributed by atoms with Gasteiger partial charge in [0.1, 0.15) is 0 Å². The van der Waals surface area contributed by atoms with Crippen LogP contribution in [-0.4, -0.2) is 11.1 Å². The first-order valence-corrected chi connectivity index (χ1v) is 12.0. The van der Waals surface area contributed by atoms with E-state index in [9.17, 15) is 9.90 Å². The standard InChI is InChI=1S/C25H50O2.H3N/c1-6-7-8-9-10-11-12-13-14-15-16-17-18-19-20-21-22-25(5,23(26)27)24(2,3)4;/h6-22H2,1-5H3,(H,26,27);1H3. The van der Waals surface area contributed by atoms with Crippen LogP contribution in [0, 0.1) is 10.8 Å². The van der Waals surface area contributed by atoms with Gasteiger partial charge in [0, 0.05) is 0 Å². The van der Waals surface area contributed by atoms with Crippen molar-refractivity contribution in [2.24, 2.45) is 10.8 Å². The van der Waals surface area contributed by atoms with Crippen LogP contribution in [0.5, 0.6) is 0 Å². The fourth-order valence-electron chi connectivity index (χ4n) is 3.83. The van der Waals surface area contributed by atoms with Crippen molar-refractivity contribution in [1.82, 2.24) is 6.15 Å². The van der Waals surface area contributed by atoms with Crippen molar-refractivity contribution in [3.63, 3.8) is 0 Å². The molecule has 4 N–H and O–H groups in total. The highest BCUT2D eigenvalue weighted by atomic mass is 16.4. The molecule has 0 bridgehead atoms. The van der Waals surface area contributed by atoms with Crippen LogP contribution in [0.1, 0.15) is 144 Å². The molecule has 0 aromatic rings. The first-order chi connectivity index (χ1) is 12.8. The van der Waals surface area contributed by atoms with Crippen molar-refractivity contribution in [3.8, 4) is 0 Å². The number of rotatable bonds is 18. The van der Waals surface area contributed by atoms with E-state index >= 15 is 0 Å². The van der Waals surface area contributed by atoms with Crippen molar-refractivity contribution in [1.29, 1.82) is 0 Å². The molecule has 0 fully saturated rings. The van der Waals surface area contributed by atoms with E-state index in [1.807, 2.05) is 27.7 Å². The number of aliphatic carboxylic acids is 1. The lowest BCUT2D eigenvalue weighted by Crippen LogP contribution is -2.40. The Morgan fingerprint density at radius 2 is 0.893 bits per heavy atom. The molecule has 3 nitrogen and oxygen atoms in total. The molecular formula is C25H53NO2. The molecule has 0 radical (unpaired) electrons. The molecule has 0 aliphatic heterocycles. The summed E-state index contributed by atoms with van der Waals surface area (Å²) in [4.78, 5) is 11.7. The number of unbranched alkanes of at least 4 members (excludes halogenated alkanes) is 15. The van der Waals surface area contributed by atoms with Crippen LogP contribution in [0.15, 0.2) is 0 Å². The molecule has 0 aromatic heterocycles. The number of hydrogen-bond acceptors (Lipinski definition) is 2. The quantitative estimate of drug-likeness (QED) is 0.226. The molecule has 0 aliphatic rings. The monoisotopic (exact) mass is 399 g/mol. The van der Waals surface area contributed by atoms with Gasteiger partial charge in [0.15, 0.2) is 0 Å². The minimum Gasteiger partial charge on any atom is -0.481 e. The summed E-state index contributed by atoms with van der Waals surface area (Å²) in [5.41, 5.74) is -0.794. The van der Waals surface area contributed by atoms with Crippen LogP contribution >= 0.6 is 0 Å². The zero-order valence-corrected chi connectivity index (χ0v) is 20.1. The molecule has 0 rings (SSSR count). The Morgan fingerprint density at radius 1 is 0.607 bits per heavy atom. The largest absolute Gasteiger partial charge is 0.481 e. The smallest absolute Gasteiger partial charge is 0.309 e. The zero-order valence-electron chi connectivity index (χ0n) is 20.1. The molecule has 0 saturated carbocycles. The third kappa shape index (κ3) is 13.6. The van der Waals surface area contributed by atoms with Gasteiger partial charge in [-0.15, -0.1) is 0 Å². The summed E-state index contributed by atoms with van der Waals surface area (Å²) >= 11 is 0. The Hall–Kier alpha value is -0.570. The Kier molecular flexibility index (Phi) is 18.3. The molecule has 1 atom stereocenters. The van der Waals surface area contributed by atoms with Gasteiger partial charge in [-0.25, -0.2) is 0 Å². The van der Waals surface area contributed by atoms with Gasteiger partial charge in [0.05, 0.1) is 5.41 Å². The van der Waals surface area contributed by atoms with E-state index in [-0.39, 0.29) is 11.6 Å². The Morgan fingerprint density at radius 3 is 1.14 bits per heavy atom. The first kappa shape index (κ1) is 29.6. The maximum absolute atomic E-state index is 11.7. The normalized spacial score (nSPS) is 13.8. The average Bonchev–Trinajstić information content (AvgIpc) is 2.60. The van der Waals surface area contributed by atoms with Gasteiger partial charge in [0.25, 0.3) is 0 Å². The minimum absolute atomic E-state index is 0. The first-order valence-electron chi connectivity index (χ1n) is 12.0. The van der Waals surface area contributed by atoms with E-state index in [2.05, 4.69) is 6.92 Å². The molecule has 170 valence electrons. The molecule has 1 unspecified atom stereocenters. The zero-order chi connectivity index (χ0) is 20.6. The van der Waals surface area contributed by atoms with Gasteiger partial charge in [-0.2, -0.15) is 0 Å². The van der Waals surface area contributed by atoms with E-state index < -0.39 is 11.4 Å². The van der Waals surface area contributed by atoms with E-state index in [1.165, 1.54) is 96.3 Å². The van der Waals surface area contributed by atoms with Crippen LogP contribution in [-0.2, 0) is 4.79 Å². The lowest BCUT2D eigenvalue weighted by Gasteiger charge is -2.38. The number of carboxylic acids is 1. The van der Waals surface area contributed by atoms with Gasteiger partial charge in [-0.05, 0) is 18.8 Å². The van der Waals surface area contributed by atoms with Crippen molar-refractivity contribution in [2.45, 2.75) is 144 Å². The average molecular weight is 400 g/mol. The third-order valence-electron chi connectivity index (χ3n) is 6.66. The molecule has 3 heteroatoms. The molecule has 0 spiro atoms. The summed E-state index contributed by atoms with van der Waals surface area (Å²) in [5.74, 6) is -0.643. The molecule has 0 aromatic carbocycles. The number of hydrogen-bond donors (Lipinski definition) is 2. The van der Waals surface area contributed by atoms with Crippen LogP contribution in [0.2, 0.25) is 0 Å². The predicted molar refractivity (Wildman–Crippen MR) is 124 cm³/mol. The summed E-state index contributed by atoms with van der Waals surface area (Å²) in [6.07, 6.45) is 22.5. The van der Waals surface area contributed by atoms with Crippen LogP contribution < -0.4 is 6.15 Å². The summed E-state index contributed by atoms with van der Waals surface area (Å²) in [7, 11) is 0. The van der Waals surface area contributed by atoms with Crippen LogP contribution in [0.3, 0.4) is 0 Å². The van der Waals surface area contributed by atoms with Crippen molar-refractivity contribution in [3.05, 3.63) is 0 Å². The maximum atomic E-state index is 11.7. The number of carbonyl (C=O) groups is 1. The topological polar surface area (TPSA) is 72.3 Å². The summed E-state index contributed by atoms with van der Waals surface area (Å²) in [6, 6.07) is 0. The van der Waals surface area contributed by atoms with E-state index in [0.717, 1.165) is 12.8 Å². The van der Waals surface area contributed by atoms with Crippen LogP contribution in [0.25, 0.3) is 0 Å². The minimum atomic E-state index is -0.643. The van der Waals surface area contributed by atoms with E-state index in [4.69, 9.17) is 0 Å². The third-order valence-corrected chi connectivity index (χ3v) is 6.66. The molecule has 28 heavy (non-hydrogen) atoms.